The van der Waals surface area contributed by atoms with Crippen molar-refractivity contribution in [2.45, 2.75) is 19.4 Å². The molecule has 0 heterocycles. The maximum absolute atomic E-state index is 11.5. The largest absolute Gasteiger partial charge is 0.334 e. The minimum absolute atomic E-state index is 0.0190. The summed E-state index contributed by atoms with van der Waals surface area (Å²) in [7, 11) is 0. The Bertz CT molecular complexity index is 338. The maximum Gasteiger partial charge on any atom is 0.319 e. The summed E-state index contributed by atoms with van der Waals surface area (Å²) >= 11 is 7.91. The van der Waals surface area contributed by atoms with Crippen molar-refractivity contribution >= 4 is 45.9 Å². The average Bonchev–Trinajstić information content (AvgIpc) is 2.29. The van der Waals surface area contributed by atoms with Gasteiger partial charge in [-0.25, -0.2) is 4.79 Å². The van der Waals surface area contributed by atoms with Gasteiger partial charge < -0.3 is 10.6 Å². The SMILES string of the molecule is CC[C@@H](CCl)NC(=O)Nc1ccc(I)cc1. The van der Waals surface area contributed by atoms with Gasteiger partial charge in [0.05, 0.1) is 0 Å². The zero-order chi connectivity index (χ0) is 12.0. The summed E-state index contributed by atoms with van der Waals surface area (Å²) in [6.07, 6.45) is 0.823. The fourth-order valence-corrected chi connectivity index (χ4v) is 1.79. The number of nitrogens with one attached hydrogen (secondary N) is 2. The highest BCUT2D eigenvalue weighted by atomic mass is 127. The quantitative estimate of drug-likeness (QED) is 0.632. The van der Waals surface area contributed by atoms with Crippen LogP contribution in [0.15, 0.2) is 24.3 Å². The third-order valence-electron chi connectivity index (χ3n) is 2.12. The Kier molecular flexibility index (Phi) is 5.90. The molecule has 1 rings (SSSR count). The van der Waals surface area contributed by atoms with Gasteiger partial charge in [-0.05, 0) is 53.3 Å². The van der Waals surface area contributed by atoms with Gasteiger partial charge in [0.15, 0.2) is 0 Å². The van der Waals surface area contributed by atoms with Crippen LogP contribution in [0.4, 0.5) is 10.5 Å². The van der Waals surface area contributed by atoms with E-state index in [1.165, 1.54) is 0 Å². The minimum Gasteiger partial charge on any atom is -0.334 e. The molecule has 0 aromatic heterocycles. The van der Waals surface area contributed by atoms with E-state index in [-0.39, 0.29) is 12.1 Å². The molecule has 88 valence electrons. The zero-order valence-electron chi connectivity index (χ0n) is 8.97. The van der Waals surface area contributed by atoms with Crippen molar-refractivity contribution in [2.75, 3.05) is 11.2 Å². The Morgan fingerprint density at radius 2 is 2.06 bits per heavy atom. The number of hydrogen-bond acceptors (Lipinski definition) is 1. The summed E-state index contributed by atoms with van der Waals surface area (Å²) in [5, 5.41) is 5.55. The number of hydrogen-bond donors (Lipinski definition) is 2. The molecule has 1 aromatic rings. The average molecular weight is 353 g/mol. The second-order valence-corrected chi connectivity index (χ2v) is 4.92. The van der Waals surface area contributed by atoms with Gasteiger partial charge in [0.2, 0.25) is 0 Å². The molecular weight excluding hydrogens is 338 g/mol. The molecule has 0 fully saturated rings. The van der Waals surface area contributed by atoms with E-state index in [1.807, 2.05) is 31.2 Å². The molecule has 0 unspecified atom stereocenters. The monoisotopic (exact) mass is 352 g/mol. The lowest BCUT2D eigenvalue weighted by atomic mass is 10.2. The normalized spacial score (nSPS) is 11.9. The molecular formula is C11H14ClIN2O. The number of carbonyl (C=O) groups excluding carboxylic acids is 1. The highest BCUT2D eigenvalue weighted by Crippen LogP contribution is 2.10. The highest BCUT2D eigenvalue weighted by Gasteiger charge is 2.08. The summed E-state index contributed by atoms with van der Waals surface area (Å²) in [6.45, 7) is 1.98. The molecule has 0 bridgehead atoms. The van der Waals surface area contributed by atoms with E-state index in [9.17, 15) is 4.79 Å². The van der Waals surface area contributed by atoms with Crippen molar-refractivity contribution in [1.82, 2.24) is 5.32 Å². The summed E-state index contributed by atoms with van der Waals surface area (Å²) in [6, 6.07) is 7.41. The first-order valence-electron chi connectivity index (χ1n) is 5.04. The number of halogens is 2. The van der Waals surface area contributed by atoms with Crippen LogP contribution < -0.4 is 10.6 Å². The Labute approximate surface area is 114 Å². The number of benzene rings is 1. The van der Waals surface area contributed by atoms with E-state index in [0.29, 0.717) is 5.88 Å². The number of anilines is 1. The second kappa shape index (κ2) is 6.96. The molecule has 0 radical (unpaired) electrons. The molecule has 1 atom stereocenters. The van der Waals surface area contributed by atoms with E-state index in [0.717, 1.165) is 15.7 Å². The van der Waals surface area contributed by atoms with Crippen molar-refractivity contribution in [3.8, 4) is 0 Å². The van der Waals surface area contributed by atoms with Crippen LogP contribution in [0.2, 0.25) is 0 Å². The predicted octanol–water partition coefficient (Wildman–Crippen LogP) is 3.43. The highest BCUT2D eigenvalue weighted by molar-refractivity contribution is 14.1. The van der Waals surface area contributed by atoms with E-state index >= 15 is 0 Å². The van der Waals surface area contributed by atoms with Crippen LogP contribution in [0.3, 0.4) is 0 Å². The second-order valence-electron chi connectivity index (χ2n) is 3.36. The van der Waals surface area contributed by atoms with E-state index in [4.69, 9.17) is 11.6 Å². The van der Waals surface area contributed by atoms with Crippen LogP contribution in [0.1, 0.15) is 13.3 Å². The number of carbonyl (C=O) groups is 1. The topological polar surface area (TPSA) is 41.1 Å². The third-order valence-corrected chi connectivity index (χ3v) is 3.21. The molecule has 0 aliphatic rings. The molecule has 0 aliphatic carbocycles. The summed E-state index contributed by atoms with van der Waals surface area (Å²) in [4.78, 5) is 11.5. The molecule has 2 N–H and O–H groups in total. The van der Waals surface area contributed by atoms with Gasteiger partial charge in [-0.15, -0.1) is 11.6 Å². The van der Waals surface area contributed by atoms with E-state index in [2.05, 4.69) is 33.2 Å². The fourth-order valence-electron chi connectivity index (χ4n) is 1.14. The molecule has 1 aromatic carbocycles. The lowest BCUT2D eigenvalue weighted by molar-refractivity contribution is 0.249. The molecule has 5 heteroatoms. The van der Waals surface area contributed by atoms with Gasteiger partial charge in [0.25, 0.3) is 0 Å². The Hall–Kier alpha value is -0.490. The summed E-state index contributed by atoms with van der Waals surface area (Å²) in [5.41, 5.74) is 0.780. The van der Waals surface area contributed by atoms with Crippen LogP contribution in [-0.2, 0) is 0 Å². The Morgan fingerprint density at radius 3 is 2.56 bits per heavy atom. The van der Waals surface area contributed by atoms with Crippen molar-refractivity contribution in [2.24, 2.45) is 0 Å². The van der Waals surface area contributed by atoms with Crippen LogP contribution in [0.25, 0.3) is 0 Å². The first kappa shape index (κ1) is 13.6. The standard InChI is InChI=1S/C11H14ClIN2O/c1-2-9(7-12)14-11(16)15-10-5-3-8(13)4-6-10/h3-6,9H,2,7H2,1H3,(H2,14,15,16)/t9-/m0/s1. The first-order valence-corrected chi connectivity index (χ1v) is 6.66. The van der Waals surface area contributed by atoms with Crippen LogP contribution in [-0.4, -0.2) is 18.0 Å². The van der Waals surface area contributed by atoms with Gasteiger partial charge >= 0.3 is 6.03 Å². The van der Waals surface area contributed by atoms with Crippen LogP contribution in [0.5, 0.6) is 0 Å². The number of alkyl halides is 1. The Balaban J connectivity index is 2.48. The minimum atomic E-state index is -0.214. The van der Waals surface area contributed by atoms with Gasteiger partial charge in [-0.1, -0.05) is 6.92 Å². The fraction of sp³-hybridized carbons (Fsp3) is 0.364. The van der Waals surface area contributed by atoms with Gasteiger partial charge in [-0.2, -0.15) is 0 Å². The molecule has 0 saturated heterocycles. The lowest BCUT2D eigenvalue weighted by Gasteiger charge is -2.14. The van der Waals surface area contributed by atoms with E-state index < -0.39 is 0 Å². The van der Waals surface area contributed by atoms with Gasteiger partial charge in [0.1, 0.15) is 0 Å². The molecule has 0 saturated carbocycles. The molecule has 3 nitrogen and oxygen atoms in total. The summed E-state index contributed by atoms with van der Waals surface area (Å²) < 4.78 is 1.13. The third kappa shape index (κ3) is 4.57. The van der Waals surface area contributed by atoms with Crippen molar-refractivity contribution in [3.63, 3.8) is 0 Å². The molecule has 0 spiro atoms. The van der Waals surface area contributed by atoms with Crippen molar-refractivity contribution in [1.29, 1.82) is 0 Å². The lowest BCUT2D eigenvalue weighted by Crippen LogP contribution is -2.38. The Morgan fingerprint density at radius 1 is 1.44 bits per heavy atom. The smallest absolute Gasteiger partial charge is 0.319 e. The van der Waals surface area contributed by atoms with Gasteiger partial charge in [0, 0.05) is 21.2 Å². The van der Waals surface area contributed by atoms with Crippen molar-refractivity contribution < 1.29 is 4.79 Å². The molecule has 0 aliphatic heterocycles. The van der Waals surface area contributed by atoms with Gasteiger partial charge in [-0.3, -0.25) is 0 Å². The first-order chi connectivity index (χ1) is 7.65. The number of amides is 2. The van der Waals surface area contributed by atoms with E-state index in [1.54, 1.807) is 0 Å². The van der Waals surface area contributed by atoms with Crippen molar-refractivity contribution in [3.05, 3.63) is 27.8 Å². The summed E-state index contributed by atoms with van der Waals surface area (Å²) in [5.74, 6) is 0.427. The predicted molar refractivity (Wildman–Crippen MR) is 76.1 cm³/mol. The number of rotatable bonds is 4. The zero-order valence-corrected chi connectivity index (χ0v) is 11.9. The maximum atomic E-state index is 11.5. The molecule has 16 heavy (non-hydrogen) atoms. The number of urea groups is 1. The molecule has 2 amide bonds. The van der Waals surface area contributed by atoms with Crippen LogP contribution in [0, 0.1) is 3.57 Å². The van der Waals surface area contributed by atoms with Crippen LogP contribution >= 0.6 is 34.2 Å².